The van der Waals surface area contributed by atoms with Crippen LogP contribution in [0.4, 0.5) is 0 Å². The number of hydrogen-bond acceptors (Lipinski definition) is 2. The molecule has 0 aromatic carbocycles. The van der Waals surface area contributed by atoms with Crippen molar-refractivity contribution in [2.45, 2.75) is 13.5 Å². The van der Waals surface area contributed by atoms with Gasteiger partial charge in [-0.25, -0.2) is 0 Å². The maximum absolute atomic E-state index is 10.3. The fraction of sp³-hybridized carbons (Fsp3) is 0.333. The standard InChI is InChI=1S/C6H7BrN2O2/c1-4-2-5(7)8-9(4)3-6(10)11/h2H,3H2,1H3,(H,10,11). The average Bonchev–Trinajstić information content (AvgIpc) is 2.09. The minimum Gasteiger partial charge on any atom is -0.480 e. The lowest BCUT2D eigenvalue weighted by atomic mass is 10.5. The van der Waals surface area contributed by atoms with E-state index in [1.165, 1.54) is 4.68 Å². The van der Waals surface area contributed by atoms with E-state index in [2.05, 4.69) is 21.0 Å². The van der Waals surface area contributed by atoms with Crippen molar-refractivity contribution >= 4 is 21.9 Å². The highest BCUT2D eigenvalue weighted by Crippen LogP contribution is 2.08. The van der Waals surface area contributed by atoms with E-state index in [4.69, 9.17) is 5.11 Å². The first-order valence-electron chi connectivity index (χ1n) is 3.01. The second-order valence-corrected chi connectivity index (χ2v) is 2.97. The van der Waals surface area contributed by atoms with Crippen LogP contribution in [0.3, 0.4) is 0 Å². The molecule has 1 rings (SSSR count). The van der Waals surface area contributed by atoms with Crippen molar-refractivity contribution in [2.24, 2.45) is 0 Å². The Hall–Kier alpha value is -0.840. The number of carboxylic acids is 1. The summed E-state index contributed by atoms with van der Waals surface area (Å²) in [6.07, 6.45) is 0. The van der Waals surface area contributed by atoms with Gasteiger partial charge in [0.05, 0.1) is 0 Å². The van der Waals surface area contributed by atoms with Crippen LogP contribution in [0.2, 0.25) is 0 Å². The number of rotatable bonds is 2. The van der Waals surface area contributed by atoms with Crippen molar-refractivity contribution in [3.05, 3.63) is 16.4 Å². The smallest absolute Gasteiger partial charge is 0.325 e. The summed E-state index contributed by atoms with van der Waals surface area (Å²) in [5.74, 6) is -0.885. The Balaban J connectivity index is 2.85. The molecule has 0 unspecified atom stereocenters. The number of nitrogens with zero attached hydrogens (tertiary/aromatic N) is 2. The van der Waals surface area contributed by atoms with Crippen molar-refractivity contribution < 1.29 is 9.90 Å². The number of carbonyl (C=O) groups is 1. The van der Waals surface area contributed by atoms with Crippen LogP contribution in [-0.2, 0) is 11.3 Å². The lowest BCUT2D eigenvalue weighted by molar-refractivity contribution is -0.137. The number of aliphatic carboxylic acids is 1. The minimum absolute atomic E-state index is 0.0859. The molecule has 0 saturated heterocycles. The molecule has 1 aromatic rings. The van der Waals surface area contributed by atoms with Gasteiger partial charge in [-0.3, -0.25) is 9.48 Å². The molecule has 0 fully saturated rings. The average molecular weight is 219 g/mol. The zero-order valence-corrected chi connectivity index (χ0v) is 7.50. The van der Waals surface area contributed by atoms with Gasteiger partial charge in [0.2, 0.25) is 0 Å². The van der Waals surface area contributed by atoms with Gasteiger partial charge in [0, 0.05) is 5.69 Å². The Bertz CT molecular complexity index is 282. The molecule has 1 heterocycles. The van der Waals surface area contributed by atoms with Crippen LogP contribution in [0.1, 0.15) is 5.69 Å². The summed E-state index contributed by atoms with van der Waals surface area (Å²) in [4.78, 5) is 10.3. The van der Waals surface area contributed by atoms with Crippen LogP contribution in [0.5, 0.6) is 0 Å². The third-order valence-electron chi connectivity index (χ3n) is 1.24. The summed E-state index contributed by atoms with van der Waals surface area (Å²) in [7, 11) is 0. The highest BCUT2D eigenvalue weighted by atomic mass is 79.9. The third kappa shape index (κ3) is 2.04. The first-order valence-corrected chi connectivity index (χ1v) is 3.80. The van der Waals surface area contributed by atoms with Gasteiger partial charge >= 0.3 is 5.97 Å². The summed E-state index contributed by atoms with van der Waals surface area (Å²) in [6, 6.07) is 1.77. The highest BCUT2D eigenvalue weighted by Gasteiger charge is 2.04. The highest BCUT2D eigenvalue weighted by molar-refractivity contribution is 9.10. The van der Waals surface area contributed by atoms with Gasteiger partial charge in [-0.1, -0.05) is 0 Å². The lowest BCUT2D eigenvalue weighted by Gasteiger charge is -1.97. The van der Waals surface area contributed by atoms with E-state index in [-0.39, 0.29) is 6.54 Å². The summed E-state index contributed by atoms with van der Waals surface area (Å²) in [5, 5.41) is 12.3. The third-order valence-corrected chi connectivity index (χ3v) is 1.62. The van der Waals surface area contributed by atoms with E-state index < -0.39 is 5.97 Å². The molecule has 0 aliphatic rings. The molecule has 0 bridgehead atoms. The summed E-state index contributed by atoms with van der Waals surface area (Å²) < 4.78 is 2.09. The first-order chi connectivity index (χ1) is 5.09. The topological polar surface area (TPSA) is 55.1 Å². The fourth-order valence-electron chi connectivity index (χ4n) is 0.758. The van der Waals surface area contributed by atoms with Crippen molar-refractivity contribution in [3.63, 3.8) is 0 Å². The van der Waals surface area contributed by atoms with E-state index in [1.54, 1.807) is 13.0 Å². The van der Waals surface area contributed by atoms with Crippen molar-refractivity contribution in [1.82, 2.24) is 9.78 Å². The second-order valence-electron chi connectivity index (χ2n) is 2.16. The number of aromatic nitrogens is 2. The molecular formula is C6H7BrN2O2. The number of hydrogen-bond donors (Lipinski definition) is 1. The molecule has 60 valence electrons. The molecule has 0 saturated carbocycles. The maximum atomic E-state index is 10.3. The zero-order chi connectivity index (χ0) is 8.43. The van der Waals surface area contributed by atoms with E-state index in [9.17, 15) is 4.79 Å². The number of aryl methyl sites for hydroxylation is 1. The zero-order valence-electron chi connectivity index (χ0n) is 5.91. The summed E-state index contributed by atoms with van der Waals surface area (Å²) in [6.45, 7) is 1.72. The minimum atomic E-state index is -0.885. The van der Waals surface area contributed by atoms with Gasteiger partial charge in [0.25, 0.3) is 0 Å². The maximum Gasteiger partial charge on any atom is 0.325 e. The van der Waals surface area contributed by atoms with Crippen LogP contribution >= 0.6 is 15.9 Å². The van der Waals surface area contributed by atoms with Gasteiger partial charge in [-0.2, -0.15) is 5.10 Å². The predicted octanol–water partition coefficient (Wildman–Crippen LogP) is 1.04. The Kier molecular flexibility index (Phi) is 2.28. The van der Waals surface area contributed by atoms with Crippen molar-refractivity contribution in [2.75, 3.05) is 0 Å². The Morgan fingerprint density at radius 1 is 1.91 bits per heavy atom. The van der Waals surface area contributed by atoms with E-state index in [1.807, 2.05) is 0 Å². The summed E-state index contributed by atoms with van der Waals surface area (Å²) >= 11 is 3.15. The largest absolute Gasteiger partial charge is 0.480 e. The molecule has 1 aromatic heterocycles. The van der Waals surface area contributed by atoms with Crippen LogP contribution in [0.25, 0.3) is 0 Å². The van der Waals surface area contributed by atoms with Crippen LogP contribution in [0, 0.1) is 6.92 Å². The van der Waals surface area contributed by atoms with Gasteiger partial charge in [-0.15, -0.1) is 0 Å². The Labute approximate surface area is 72.0 Å². The van der Waals surface area contributed by atoms with Crippen molar-refractivity contribution in [3.8, 4) is 0 Å². The molecule has 0 amide bonds. The molecule has 0 radical (unpaired) electrons. The van der Waals surface area contributed by atoms with Crippen LogP contribution in [-0.4, -0.2) is 20.9 Å². The predicted molar refractivity (Wildman–Crippen MR) is 42.3 cm³/mol. The second kappa shape index (κ2) is 3.04. The molecule has 0 aliphatic carbocycles. The molecule has 11 heavy (non-hydrogen) atoms. The number of halogens is 1. The van der Waals surface area contributed by atoms with Crippen LogP contribution in [0.15, 0.2) is 10.7 Å². The van der Waals surface area contributed by atoms with Gasteiger partial charge in [0.15, 0.2) is 0 Å². The van der Waals surface area contributed by atoms with E-state index >= 15 is 0 Å². The Morgan fingerprint density at radius 3 is 2.91 bits per heavy atom. The van der Waals surface area contributed by atoms with Gasteiger partial charge < -0.3 is 5.11 Å². The molecule has 0 atom stereocenters. The Morgan fingerprint density at radius 2 is 2.55 bits per heavy atom. The molecule has 0 spiro atoms. The van der Waals surface area contributed by atoms with E-state index in [0.29, 0.717) is 4.60 Å². The van der Waals surface area contributed by atoms with Gasteiger partial charge in [0.1, 0.15) is 11.1 Å². The van der Waals surface area contributed by atoms with E-state index in [0.717, 1.165) is 5.69 Å². The van der Waals surface area contributed by atoms with Gasteiger partial charge in [-0.05, 0) is 28.9 Å². The molecule has 0 aliphatic heterocycles. The molecule has 5 heteroatoms. The molecular weight excluding hydrogens is 212 g/mol. The van der Waals surface area contributed by atoms with Crippen molar-refractivity contribution in [1.29, 1.82) is 0 Å². The van der Waals surface area contributed by atoms with Crippen LogP contribution < -0.4 is 0 Å². The lowest BCUT2D eigenvalue weighted by Crippen LogP contribution is -2.11. The first kappa shape index (κ1) is 8.26. The molecule has 4 nitrogen and oxygen atoms in total. The normalized spacial score (nSPS) is 10.0. The monoisotopic (exact) mass is 218 g/mol. The molecule has 1 N–H and O–H groups in total. The quantitative estimate of drug-likeness (QED) is 0.808. The summed E-state index contributed by atoms with van der Waals surface area (Å²) in [5.41, 5.74) is 0.833. The number of carboxylic acid groups (broad SMARTS) is 1. The SMILES string of the molecule is Cc1cc(Br)nn1CC(=O)O. The fourth-order valence-corrected chi connectivity index (χ4v) is 1.28.